The molecule has 2 heterocycles. The lowest BCUT2D eigenvalue weighted by molar-refractivity contribution is 0.444. The first-order valence-corrected chi connectivity index (χ1v) is 6.79. The van der Waals surface area contributed by atoms with E-state index in [1.165, 1.54) is 17.8 Å². The van der Waals surface area contributed by atoms with Gasteiger partial charge in [0.1, 0.15) is 0 Å². The third-order valence-electron chi connectivity index (χ3n) is 1.84. The summed E-state index contributed by atoms with van der Waals surface area (Å²) in [5.74, 6) is 0.728. The molecule has 2 rings (SSSR count). The molecule has 2 aromatic rings. The van der Waals surface area contributed by atoms with Gasteiger partial charge in [0.2, 0.25) is 5.88 Å². The molecule has 0 unspecified atom stereocenters. The van der Waals surface area contributed by atoms with Crippen molar-refractivity contribution in [2.75, 3.05) is 0 Å². The van der Waals surface area contributed by atoms with E-state index >= 15 is 0 Å². The average Bonchev–Trinajstić information content (AvgIpc) is 2.59. The summed E-state index contributed by atoms with van der Waals surface area (Å²) in [7, 11) is 0. The van der Waals surface area contributed by atoms with Crippen LogP contribution in [0.4, 0.5) is 0 Å². The Morgan fingerprint density at radius 2 is 2.31 bits per heavy atom. The lowest BCUT2D eigenvalue weighted by Crippen LogP contribution is -1.89. The monoisotopic (exact) mass is 272 g/mol. The summed E-state index contributed by atoms with van der Waals surface area (Å²) in [5.41, 5.74) is 0.757. The second-order valence-electron chi connectivity index (χ2n) is 3.13. The Labute approximate surface area is 107 Å². The van der Waals surface area contributed by atoms with Crippen LogP contribution in [0, 0.1) is 6.92 Å². The molecule has 0 aromatic carbocycles. The van der Waals surface area contributed by atoms with E-state index in [-0.39, 0.29) is 5.88 Å². The molecule has 1 N–H and O–H groups in total. The van der Waals surface area contributed by atoms with E-state index in [9.17, 15) is 5.11 Å². The van der Waals surface area contributed by atoms with Crippen molar-refractivity contribution in [1.82, 2.24) is 9.97 Å². The number of thioether (sulfide) groups is 1. The topological polar surface area (TPSA) is 46.0 Å². The zero-order chi connectivity index (χ0) is 11.5. The van der Waals surface area contributed by atoms with Gasteiger partial charge >= 0.3 is 0 Å². The quantitative estimate of drug-likeness (QED) is 0.686. The van der Waals surface area contributed by atoms with E-state index in [0.717, 1.165) is 21.3 Å². The Bertz CT molecular complexity index is 481. The molecule has 0 aliphatic carbocycles. The fourth-order valence-corrected chi connectivity index (χ4v) is 3.35. The van der Waals surface area contributed by atoms with Crippen molar-refractivity contribution in [1.29, 1.82) is 0 Å². The molecule has 0 saturated carbocycles. The zero-order valence-electron chi connectivity index (χ0n) is 8.48. The molecule has 6 heteroatoms. The highest BCUT2D eigenvalue weighted by Crippen LogP contribution is 2.29. The summed E-state index contributed by atoms with van der Waals surface area (Å²) in [6, 6.07) is 3.40. The van der Waals surface area contributed by atoms with Gasteiger partial charge in [0.25, 0.3) is 0 Å². The number of rotatable bonds is 3. The standard InChI is InChI=1S/C10H9ClN2OS2/c1-6-4-9(14)13-10(12-6)16-5-8-7(11)2-3-15-8/h2-4H,5H2,1H3,(H,12,13,14). The van der Waals surface area contributed by atoms with Crippen LogP contribution in [0.15, 0.2) is 22.7 Å². The van der Waals surface area contributed by atoms with Crippen molar-refractivity contribution >= 4 is 34.7 Å². The highest BCUT2D eigenvalue weighted by molar-refractivity contribution is 7.98. The summed E-state index contributed by atoms with van der Waals surface area (Å²) in [5, 5.41) is 12.6. The Morgan fingerprint density at radius 1 is 1.50 bits per heavy atom. The van der Waals surface area contributed by atoms with Gasteiger partial charge in [-0.25, -0.2) is 4.98 Å². The first-order chi connectivity index (χ1) is 7.65. The van der Waals surface area contributed by atoms with Gasteiger partial charge in [0.05, 0.1) is 5.02 Å². The molecule has 0 fully saturated rings. The number of halogens is 1. The molecule has 16 heavy (non-hydrogen) atoms. The second kappa shape index (κ2) is 5.03. The van der Waals surface area contributed by atoms with Crippen LogP contribution in [0.2, 0.25) is 5.02 Å². The summed E-state index contributed by atoms with van der Waals surface area (Å²) in [4.78, 5) is 9.24. The smallest absolute Gasteiger partial charge is 0.215 e. The van der Waals surface area contributed by atoms with Crippen LogP contribution < -0.4 is 0 Å². The van der Waals surface area contributed by atoms with Gasteiger partial charge in [-0.2, -0.15) is 4.98 Å². The molecule has 3 nitrogen and oxygen atoms in total. The van der Waals surface area contributed by atoms with E-state index in [4.69, 9.17) is 11.6 Å². The zero-order valence-corrected chi connectivity index (χ0v) is 10.9. The number of thiophene rings is 1. The molecule has 0 aliphatic rings. The highest BCUT2D eigenvalue weighted by Gasteiger charge is 2.06. The number of aryl methyl sites for hydroxylation is 1. The second-order valence-corrected chi connectivity index (χ2v) is 5.48. The number of nitrogens with zero attached hydrogens (tertiary/aromatic N) is 2. The third kappa shape index (κ3) is 2.87. The molecule has 0 bridgehead atoms. The molecule has 0 radical (unpaired) electrons. The molecule has 84 valence electrons. The van der Waals surface area contributed by atoms with Gasteiger partial charge in [0, 0.05) is 22.4 Å². The van der Waals surface area contributed by atoms with Crippen LogP contribution in [0.25, 0.3) is 0 Å². The first-order valence-electron chi connectivity index (χ1n) is 4.54. The van der Waals surface area contributed by atoms with Gasteiger partial charge in [0.15, 0.2) is 5.16 Å². The molecule has 0 saturated heterocycles. The SMILES string of the molecule is Cc1cc(O)nc(SCc2sccc2Cl)n1. The van der Waals surface area contributed by atoms with Crippen molar-refractivity contribution in [3.8, 4) is 5.88 Å². The largest absolute Gasteiger partial charge is 0.493 e. The van der Waals surface area contributed by atoms with Crippen LogP contribution in [0.5, 0.6) is 5.88 Å². The maximum Gasteiger partial charge on any atom is 0.215 e. The van der Waals surface area contributed by atoms with E-state index in [0.29, 0.717) is 5.16 Å². The summed E-state index contributed by atoms with van der Waals surface area (Å²) in [6.45, 7) is 1.82. The van der Waals surface area contributed by atoms with Crippen molar-refractivity contribution < 1.29 is 5.11 Å². The molecule has 0 amide bonds. The number of aromatic nitrogens is 2. The summed E-state index contributed by atoms with van der Waals surface area (Å²) < 4.78 is 0. The third-order valence-corrected chi connectivity index (χ3v) is 4.29. The molecular weight excluding hydrogens is 264 g/mol. The summed E-state index contributed by atoms with van der Waals surface area (Å²) in [6.07, 6.45) is 0. The first kappa shape index (κ1) is 11.7. The Hall–Kier alpha value is -0.780. The Kier molecular flexibility index (Phi) is 3.68. The van der Waals surface area contributed by atoms with E-state index in [1.54, 1.807) is 11.3 Å². The minimum Gasteiger partial charge on any atom is -0.493 e. The Morgan fingerprint density at radius 3 is 2.94 bits per heavy atom. The number of hydrogen-bond donors (Lipinski definition) is 1. The predicted molar refractivity (Wildman–Crippen MR) is 67.3 cm³/mol. The molecule has 0 atom stereocenters. The van der Waals surface area contributed by atoms with Gasteiger partial charge in [-0.15, -0.1) is 11.3 Å². The fourth-order valence-electron chi connectivity index (χ4n) is 1.15. The molecule has 0 aliphatic heterocycles. The highest BCUT2D eigenvalue weighted by atomic mass is 35.5. The van der Waals surface area contributed by atoms with Crippen molar-refractivity contribution in [2.45, 2.75) is 17.8 Å². The van der Waals surface area contributed by atoms with E-state index in [1.807, 2.05) is 18.4 Å². The predicted octanol–water partition coefficient (Wildman–Crippen LogP) is 3.50. The minimum absolute atomic E-state index is 0.00674. The minimum atomic E-state index is 0.00674. The van der Waals surface area contributed by atoms with Gasteiger partial charge < -0.3 is 5.11 Å². The lowest BCUT2D eigenvalue weighted by atomic mass is 10.4. The average molecular weight is 273 g/mol. The normalized spacial score (nSPS) is 10.6. The van der Waals surface area contributed by atoms with Gasteiger partial charge in [-0.3, -0.25) is 0 Å². The van der Waals surface area contributed by atoms with Crippen LogP contribution in [0.3, 0.4) is 0 Å². The van der Waals surface area contributed by atoms with Crippen molar-refractivity contribution in [2.24, 2.45) is 0 Å². The molecular formula is C10H9ClN2OS2. The Balaban J connectivity index is 2.07. The fraction of sp³-hybridized carbons (Fsp3) is 0.200. The van der Waals surface area contributed by atoms with Crippen LogP contribution in [-0.2, 0) is 5.75 Å². The maximum absolute atomic E-state index is 9.32. The maximum atomic E-state index is 9.32. The lowest BCUT2D eigenvalue weighted by Gasteiger charge is -2.01. The van der Waals surface area contributed by atoms with Crippen LogP contribution >= 0.6 is 34.7 Å². The summed E-state index contributed by atoms with van der Waals surface area (Å²) >= 11 is 9.05. The van der Waals surface area contributed by atoms with Gasteiger partial charge in [-0.1, -0.05) is 23.4 Å². The number of hydrogen-bond acceptors (Lipinski definition) is 5. The van der Waals surface area contributed by atoms with Crippen molar-refractivity contribution in [3.63, 3.8) is 0 Å². The van der Waals surface area contributed by atoms with Gasteiger partial charge in [-0.05, 0) is 18.4 Å². The van der Waals surface area contributed by atoms with E-state index in [2.05, 4.69) is 9.97 Å². The molecule has 0 spiro atoms. The van der Waals surface area contributed by atoms with Crippen molar-refractivity contribution in [3.05, 3.63) is 33.1 Å². The van der Waals surface area contributed by atoms with E-state index < -0.39 is 0 Å². The van der Waals surface area contributed by atoms with Crippen LogP contribution in [0.1, 0.15) is 10.6 Å². The number of aromatic hydroxyl groups is 1. The molecule has 2 aromatic heterocycles. The van der Waals surface area contributed by atoms with Crippen LogP contribution in [-0.4, -0.2) is 15.1 Å².